The van der Waals surface area contributed by atoms with Crippen LogP contribution in [0, 0.1) is 0 Å². The van der Waals surface area contributed by atoms with Gasteiger partial charge in [0.05, 0.1) is 17.1 Å². The third-order valence-corrected chi connectivity index (χ3v) is 6.38. The van der Waals surface area contributed by atoms with Crippen LogP contribution >= 0.6 is 12.4 Å². The Labute approximate surface area is 172 Å². The summed E-state index contributed by atoms with van der Waals surface area (Å²) in [5.41, 5.74) is 0.585. The molecular weight excluding hydrogens is 404 g/mol. The summed E-state index contributed by atoms with van der Waals surface area (Å²) in [7, 11) is -1.75. The van der Waals surface area contributed by atoms with Crippen LogP contribution in [0.3, 0.4) is 0 Å². The van der Waals surface area contributed by atoms with Crippen molar-refractivity contribution in [3.63, 3.8) is 0 Å². The Morgan fingerprint density at radius 2 is 1.96 bits per heavy atom. The Balaban J connectivity index is 0.00000280. The van der Waals surface area contributed by atoms with Gasteiger partial charge in [0.1, 0.15) is 0 Å². The predicted octanol–water partition coefficient (Wildman–Crippen LogP) is 2.11. The number of aromatic nitrogens is 2. The molecule has 0 aliphatic carbocycles. The fourth-order valence-corrected chi connectivity index (χ4v) is 4.73. The Morgan fingerprint density at radius 1 is 1.29 bits per heavy atom. The zero-order valence-electron chi connectivity index (χ0n) is 16.5. The molecule has 0 amide bonds. The molecule has 0 spiro atoms. The van der Waals surface area contributed by atoms with Crippen LogP contribution in [0.1, 0.15) is 26.6 Å². The summed E-state index contributed by atoms with van der Waals surface area (Å²) in [6, 6.07) is 6.84. The number of hydrogen-bond acceptors (Lipinski definition) is 7. The molecule has 1 saturated heterocycles. The molecule has 0 bridgehead atoms. The quantitative estimate of drug-likeness (QED) is 0.749. The molecule has 10 heteroatoms. The molecule has 0 radical (unpaired) electrons. The van der Waals surface area contributed by atoms with Gasteiger partial charge in [0, 0.05) is 31.1 Å². The Morgan fingerprint density at radius 3 is 2.61 bits per heavy atom. The minimum Gasteiger partial charge on any atom is -0.373 e. The van der Waals surface area contributed by atoms with Crippen molar-refractivity contribution in [3.8, 4) is 11.5 Å². The second kappa shape index (κ2) is 9.32. The number of likely N-dealkylation sites (N-methyl/N-ethyl adjacent to an activating group) is 1. The van der Waals surface area contributed by atoms with Crippen molar-refractivity contribution in [2.24, 2.45) is 0 Å². The van der Waals surface area contributed by atoms with Gasteiger partial charge in [-0.2, -0.15) is 9.29 Å². The molecule has 1 fully saturated rings. The summed E-state index contributed by atoms with van der Waals surface area (Å²) in [5.74, 6) is 0.894. The molecule has 2 heterocycles. The Hall–Kier alpha value is -1.52. The van der Waals surface area contributed by atoms with Gasteiger partial charge in [-0.05, 0) is 46.0 Å². The molecule has 3 atom stereocenters. The van der Waals surface area contributed by atoms with Crippen molar-refractivity contribution in [1.82, 2.24) is 19.8 Å². The van der Waals surface area contributed by atoms with Gasteiger partial charge in [-0.15, -0.1) is 12.4 Å². The van der Waals surface area contributed by atoms with Crippen LogP contribution in [0.2, 0.25) is 0 Å². The summed E-state index contributed by atoms with van der Waals surface area (Å²) in [4.78, 5) is 4.59. The summed E-state index contributed by atoms with van der Waals surface area (Å²) in [5, 5.41) is 7.10. The lowest BCUT2D eigenvalue weighted by atomic mass is 10.2. The molecule has 1 aliphatic rings. The summed E-state index contributed by atoms with van der Waals surface area (Å²) < 4.78 is 38.5. The van der Waals surface area contributed by atoms with Gasteiger partial charge < -0.3 is 14.6 Å². The number of benzene rings is 1. The largest absolute Gasteiger partial charge is 0.373 e. The standard InChI is InChI=1S/C18H26N4O4S.ClH/c1-12(19-4)8-17-20-18(26-21-17)15-6-5-7-16(9-15)27(23,24)22-10-13(2)25-14(3)11-22;/h5-7,9,12-14,19H,8,10-11H2,1-4H3;1H. The van der Waals surface area contributed by atoms with E-state index in [9.17, 15) is 8.42 Å². The number of halogens is 1. The molecular formula is C18H27ClN4O4S. The predicted molar refractivity (Wildman–Crippen MR) is 108 cm³/mol. The number of nitrogens with zero attached hydrogens (tertiary/aromatic N) is 3. The number of nitrogens with one attached hydrogen (secondary N) is 1. The highest BCUT2D eigenvalue weighted by molar-refractivity contribution is 7.89. The maximum atomic E-state index is 13.0. The normalized spacial score (nSPS) is 21.9. The van der Waals surface area contributed by atoms with Gasteiger partial charge in [-0.3, -0.25) is 0 Å². The Bertz CT molecular complexity index is 879. The van der Waals surface area contributed by atoms with Crippen LogP contribution in [0.5, 0.6) is 0 Å². The number of hydrogen-bond donors (Lipinski definition) is 1. The van der Waals surface area contributed by atoms with Crippen LogP contribution in [-0.2, 0) is 21.2 Å². The van der Waals surface area contributed by atoms with E-state index in [1.54, 1.807) is 24.3 Å². The van der Waals surface area contributed by atoms with Gasteiger partial charge in [0.2, 0.25) is 10.0 Å². The highest BCUT2D eigenvalue weighted by atomic mass is 35.5. The van der Waals surface area contributed by atoms with Gasteiger partial charge in [-0.1, -0.05) is 11.2 Å². The number of ether oxygens (including phenoxy) is 1. The molecule has 1 aromatic heterocycles. The van der Waals surface area contributed by atoms with Crippen molar-refractivity contribution in [2.75, 3.05) is 20.1 Å². The van der Waals surface area contributed by atoms with Gasteiger partial charge in [0.15, 0.2) is 5.82 Å². The monoisotopic (exact) mass is 430 g/mol. The van der Waals surface area contributed by atoms with Gasteiger partial charge >= 0.3 is 0 Å². The fraction of sp³-hybridized carbons (Fsp3) is 0.556. The lowest BCUT2D eigenvalue weighted by molar-refractivity contribution is -0.0440. The molecule has 1 aromatic carbocycles. The van der Waals surface area contributed by atoms with E-state index in [4.69, 9.17) is 9.26 Å². The summed E-state index contributed by atoms with van der Waals surface area (Å²) in [6.45, 7) is 6.45. The Kier molecular flexibility index (Phi) is 7.58. The van der Waals surface area contributed by atoms with Crippen molar-refractivity contribution in [3.05, 3.63) is 30.1 Å². The highest BCUT2D eigenvalue weighted by Crippen LogP contribution is 2.25. The van der Waals surface area contributed by atoms with E-state index in [0.29, 0.717) is 36.8 Å². The molecule has 8 nitrogen and oxygen atoms in total. The minimum atomic E-state index is -3.62. The fourth-order valence-electron chi connectivity index (χ4n) is 3.10. The first-order chi connectivity index (χ1) is 12.8. The first-order valence-electron chi connectivity index (χ1n) is 9.05. The molecule has 156 valence electrons. The van der Waals surface area contributed by atoms with E-state index in [-0.39, 0.29) is 35.6 Å². The van der Waals surface area contributed by atoms with Crippen molar-refractivity contribution in [1.29, 1.82) is 0 Å². The van der Waals surface area contributed by atoms with Crippen molar-refractivity contribution < 1.29 is 17.7 Å². The molecule has 3 unspecified atom stereocenters. The molecule has 1 aliphatic heterocycles. The van der Waals surface area contributed by atoms with Crippen LogP contribution in [-0.4, -0.2) is 61.3 Å². The van der Waals surface area contributed by atoms with E-state index in [2.05, 4.69) is 15.5 Å². The van der Waals surface area contributed by atoms with Crippen molar-refractivity contribution >= 4 is 22.4 Å². The number of morpholine rings is 1. The first kappa shape index (κ1) is 22.8. The summed E-state index contributed by atoms with van der Waals surface area (Å²) in [6.07, 6.45) is 0.348. The number of sulfonamides is 1. The third-order valence-electron chi connectivity index (χ3n) is 4.55. The third kappa shape index (κ3) is 5.09. The van der Waals surface area contributed by atoms with Crippen LogP contribution in [0.15, 0.2) is 33.7 Å². The molecule has 28 heavy (non-hydrogen) atoms. The maximum absolute atomic E-state index is 13.0. The zero-order chi connectivity index (χ0) is 19.6. The second-order valence-corrected chi connectivity index (χ2v) is 8.95. The van der Waals surface area contributed by atoms with Gasteiger partial charge in [0.25, 0.3) is 5.89 Å². The molecule has 3 rings (SSSR count). The van der Waals surface area contributed by atoms with E-state index >= 15 is 0 Å². The van der Waals surface area contributed by atoms with Crippen LogP contribution in [0.4, 0.5) is 0 Å². The topological polar surface area (TPSA) is 97.6 Å². The minimum absolute atomic E-state index is 0. The van der Waals surface area contributed by atoms with Crippen LogP contribution < -0.4 is 5.32 Å². The van der Waals surface area contributed by atoms with Gasteiger partial charge in [-0.25, -0.2) is 8.42 Å². The lowest BCUT2D eigenvalue weighted by Crippen LogP contribution is -2.48. The molecule has 2 aromatic rings. The van der Waals surface area contributed by atoms with E-state index in [0.717, 1.165) is 0 Å². The van der Waals surface area contributed by atoms with E-state index in [1.807, 2.05) is 27.8 Å². The maximum Gasteiger partial charge on any atom is 0.257 e. The van der Waals surface area contributed by atoms with E-state index < -0.39 is 10.0 Å². The average molecular weight is 431 g/mol. The van der Waals surface area contributed by atoms with Crippen LogP contribution in [0.25, 0.3) is 11.5 Å². The molecule has 0 saturated carbocycles. The number of rotatable bonds is 6. The zero-order valence-corrected chi connectivity index (χ0v) is 18.1. The lowest BCUT2D eigenvalue weighted by Gasteiger charge is -2.34. The molecule has 1 N–H and O–H groups in total. The summed E-state index contributed by atoms with van der Waals surface area (Å²) >= 11 is 0. The highest BCUT2D eigenvalue weighted by Gasteiger charge is 2.32. The second-order valence-electron chi connectivity index (χ2n) is 7.02. The van der Waals surface area contributed by atoms with E-state index in [1.165, 1.54) is 4.31 Å². The smallest absolute Gasteiger partial charge is 0.257 e. The average Bonchev–Trinajstić information content (AvgIpc) is 3.09. The first-order valence-corrected chi connectivity index (χ1v) is 10.5. The van der Waals surface area contributed by atoms with Crippen molar-refractivity contribution in [2.45, 2.75) is 50.3 Å². The SMILES string of the molecule is CNC(C)Cc1noc(-c2cccc(S(=O)(=O)N3CC(C)OC(C)C3)c2)n1.Cl.